The third kappa shape index (κ3) is 6.01. The summed E-state index contributed by atoms with van der Waals surface area (Å²) in [6, 6.07) is 10.5. The van der Waals surface area contributed by atoms with E-state index >= 15 is 0 Å². The number of amidine groups is 1. The summed E-state index contributed by atoms with van der Waals surface area (Å²) in [7, 11) is 0. The predicted octanol–water partition coefficient (Wildman–Crippen LogP) is 3.86. The number of unbranched alkanes of at least 4 members (excludes halogenated alkanes) is 1. The maximum Gasteiger partial charge on any atom is 0.144 e. The zero-order chi connectivity index (χ0) is 14.1. The molecule has 4 heteroatoms. The molecule has 0 aromatic heterocycles. The molecule has 0 fully saturated rings. The smallest absolute Gasteiger partial charge is 0.144 e. The van der Waals surface area contributed by atoms with E-state index < -0.39 is 0 Å². The number of rotatable bonds is 8. The Hall–Kier alpha value is -1.16. The highest BCUT2D eigenvalue weighted by atomic mass is 32.2. The van der Waals surface area contributed by atoms with Crippen LogP contribution in [0.4, 0.5) is 0 Å². The number of thioether (sulfide) groups is 1. The van der Waals surface area contributed by atoms with E-state index in [2.05, 4.69) is 29.4 Å². The first-order valence-electron chi connectivity index (χ1n) is 6.66. The first-order valence-corrected chi connectivity index (χ1v) is 7.81. The average molecular weight is 280 g/mol. The fourth-order valence-electron chi connectivity index (χ4n) is 1.80. The highest BCUT2D eigenvalue weighted by Gasteiger charge is 2.22. The molecule has 0 saturated carbocycles. The summed E-state index contributed by atoms with van der Waals surface area (Å²) in [4.78, 5) is 0. The van der Waals surface area contributed by atoms with Gasteiger partial charge in [0.25, 0.3) is 0 Å². The quantitative estimate of drug-likeness (QED) is 0.250. The van der Waals surface area contributed by atoms with Gasteiger partial charge in [0, 0.05) is 11.2 Å². The normalized spacial score (nSPS) is 12.6. The summed E-state index contributed by atoms with van der Waals surface area (Å²) in [5, 5.41) is 11.8. The maximum atomic E-state index is 8.70. The molecule has 3 N–H and O–H groups in total. The fraction of sp³-hybridized carbons (Fsp3) is 0.533. The van der Waals surface area contributed by atoms with E-state index in [1.807, 2.05) is 31.7 Å². The Labute approximate surface area is 120 Å². The lowest BCUT2D eigenvalue weighted by molar-refractivity contribution is 0.304. The van der Waals surface area contributed by atoms with Crippen LogP contribution >= 0.6 is 11.8 Å². The van der Waals surface area contributed by atoms with E-state index in [9.17, 15) is 0 Å². The number of oxime groups is 1. The van der Waals surface area contributed by atoms with Crippen molar-refractivity contribution in [3.8, 4) is 0 Å². The largest absolute Gasteiger partial charge is 0.409 e. The van der Waals surface area contributed by atoms with Gasteiger partial charge in [0.05, 0.1) is 0 Å². The molecule has 0 radical (unpaired) electrons. The van der Waals surface area contributed by atoms with Crippen molar-refractivity contribution in [2.75, 3.05) is 5.75 Å². The fourth-order valence-corrected chi connectivity index (χ4v) is 2.78. The summed E-state index contributed by atoms with van der Waals surface area (Å²) in [5.74, 6) is 2.55. The van der Waals surface area contributed by atoms with E-state index in [-0.39, 0.29) is 5.41 Å². The van der Waals surface area contributed by atoms with Crippen LogP contribution in [0.25, 0.3) is 0 Å². The Morgan fingerprint density at radius 1 is 1.26 bits per heavy atom. The highest BCUT2D eigenvalue weighted by molar-refractivity contribution is 7.98. The second-order valence-electron chi connectivity index (χ2n) is 5.36. The Balaban J connectivity index is 2.12. The van der Waals surface area contributed by atoms with Gasteiger partial charge in [-0.25, -0.2) is 0 Å². The molecule has 1 rings (SSSR count). The standard InChI is InChI=1S/C15H24N2OS/c1-15(2,14(16)17-18)10-6-7-11-19-12-13-8-4-3-5-9-13/h3-5,8-9,18H,6-7,10-12H2,1-2H3,(H2,16,17). The van der Waals surface area contributed by atoms with Gasteiger partial charge in [-0.2, -0.15) is 11.8 Å². The summed E-state index contributed by atoms with van der Waals surface area (Å²) in [6.07, 6.45) is 3.22. The average Bonchev–Trinajstić information content (AvgIpc) is 2.42. The minimum Gasteiger partial charge on any atom is -0.409 e. The molecule has 106 valence electrons. The van der Waals surface area contributed by atoms with Crippen molar-refractivity contribution in [1.82, 2.24) is 0 Å². The van der Waals surface area contributed by atoms with Gasteiger partial charge >= 0.3 is 0 Å². The molecule has 0 unspecified atom stereocenters. The molecule has 0 spiro atoms. The van der Waals surface area contributed by atoms with Crippen LogP contribution in [0.2, 0.25) is 0 Å². The maximum absolute atomic E-state index is 8.70. The van der Waals surface area contributed by atoms with Crippen molar-refractivity contribution in [2.45, 2.75) is 38.9 Å². The van der Waals surface area contributed by atoms with Gasteiger partial charge in [0.1, 0.15) is 5.84 Å². The topological polar surface area (TPSA) is 58.6 Å². The van der Waals surface area contributed by atoms with Crippen LogP contribution in [0.1, 0.15) is 38.7 Å². The van der Waals surface area contributed by atoms with Crippen LogP contribution in [0.3, 0.4) is 0 Å². The Kier molecular flexibility index (Phi) is 6.78. The van der Waals surface area contributed by atoms with Crippen molar-refractivity contribution < 1.29 is 5.21 Å². The Bertz CT molecular complexity index is 390. The van der Waals surface area contributed by atoms with Crippen LogP contribution in [0, 0.1) is 5.41 Å². The molecule has 1 aromatic carbocycles. The third-order valence-electron chi connectivity index (χ3n) is 3.25. The molecule has 0 amide bonds. The summed E-state index contributed by atoms with van der Waals surface area (Å²) in [5.41, 5.74) is 6.83. The van der Waals surface area contributed by atoms with Crippen LogP contribution < -0.4 is 5.73 Å². The lowest BCUT2D eigenvalue weighted by atomic mass is 9.86. The first-order chi connectivity index (χ1) is 9.06. The van der Waals surface area contributed by atoms with Gasteiger partial charge in [-0.1, -0.05) is 55.8 Å². The van der Waals surface area contributed by atoms with Gasteiger partial charge in [0.15, 0.2) is 0 Å². The zero-order valence-corrected chi connectivity index (χ0v) is 12.6. The van der Waals surface area contributed by atoms with E-state index in [0.717, 1.165) is 24.3 Å². The lowest BCUT2D eigenvalue weighted by Gasteiger charge is -2.22. The van der Waals surface area contributed by atoms with E-state index in [4.69, 9.17) is 10.9 Å². The summed E-state index contributed by atoms with van der Waals surface area (Å²) < 4.78 is 0. The minimum absolute atomic E-state index is 0.209. The third-order valence-corrected chi connectivity index (χ3v) is 4.37. The van der Waals surface area contributed by atoms with Gasteiger partial charge in [-0.15, -0.1) is 0 Å². The van der Waals surface area contributed by atoms with Crippen molar-refractivity contribution >= 4 is 17.6 Å². The molecule has 0 aliphatic rings. The van der Waals surface area contributed by atoms with E-state index in [1.54, 1.807) is 0 Å². The summed E-state index contributed by atoms with van der Waals surface area (Å²) >= 11 is 1.96. The molecule has 0 bridgehead atoms. The van der Waals surface area contributed by atoms with Crippen molar-refractivity contribution in [2.24, 2.45) is 16.3 Å². The molecule has 19 heavy (non-hydrogen) atoms. The van der Waals surface area contributed by atoms with Gasteiger partial charge in [-0.3, -0.25) is 0 Å². The second-order valence-corrected chi connectivity index (χ2v) is 6.47. The molecule has 0 aliphatic carbocycles. The number of nitrogens with two attached hydrogens (primary N) is 1. The number of hydrogen-bond acceptors (Lipinski definition) is 3. The lowest BCUT2D eigenvalue weighted by Crippen LogP contribution is -2.31. The number of nitrogens with zero attached hydrogens (tertiary/aromatic N) is 1. The van der Waals surface area contributed by atoms with Gasteiger partial charge < -0.3 is 10.9 Å². The highest BCUT2D eigenvalue weighted by Crippen LogP contribution is 2.24. The van der Waals surface area contributed by atoms with E-state index in [1.165, 1.54) is 12.0 Å². The molecule has 0 aliphatic heterocycles. The summed E-state index contributed by atoms with van der Waals surface area (Å²) in [6.45, 7) is 4.03. The molecule has 1 aromatic rings. The van der Waals surface area contributed by atoms with Crippen molar-refractivity contribution in [3.05, 3.63) is 35.9 Å². The van der Waals surface area contributed by atoms with Crippen molar-refractivity contribution in [1.29, 1.82) is 0 Å². The molecule has 3 nitrogen and oxygen atoms in total. The Morgan fingerprint density at radius 3 is 2.58 bits per heavy atom. The SMILES string of the molecule is CC(C)(CCCCSCc1ccccc1)/C(N)=N/O. The molecule has 0 atom stereocenters. The van der Waals surface area contributed by atoms with Crippen LogP contribution in [-0.2, 0) is 5.75 Å². The number of hydrogen-bond donors (Lipinski definition) is 2. The Morgan fingerprint density at radius 2 is 1.95 bits per heavy atom. The molecular weight excluding hydrogens is 256 g/mol. The van der Waals surface area contributed by atoms with Crippen LogP contribution in [0.15, 0.2) is 35.5 Å². The molecule has 0 heterocycles. The van der Waals surface area contributed by atoms with Crippen LogP contribution in [0.5, 0.6) is 0 Å². The number of benzene rings is 1. The van der Waals surface area contributed by atoms with E-state index in [0.29, 0.717) is 5.84 Å². The molecular formula is C15H24N2OS. The second kappa shape index (κ2) is 8.10. The molecule has 0 saturated heterocycles. The monoisotopic (exact) mass is 280 g/mol. The van der Waals surface area contributed by atoms with Crippen molar-refractivity contribution in [3.63, 3.8) is 0 Å². The van der Waals surface area contributed by atoms with Gasteiger partial charge in [0.2, 0.25) is 0 Å². The minimum atomic E-state index is -0.209. The van der Waals surface area contributed by atoms with Gasteiger partial charge in [-0.05, 0) is 24.2 Å². The zero-order valence-electron chi connectivity index (χ0n) is 11.8. The predicted molar refractivity (Wildman–Crippen MR) is 83.6 cm³/mol. The van der Waals surface area contributed by atoms with Crippen LogP contribution in [-0.4, -0.2) is 16.8 Å². The first kappa shape index (κ1) is 15.9.